The van der Waals surface area contributed by atoms with E-state index >= 15 is 0 Å². The number of hydrogen-bond acceptors (Lipinski definition) is 8. The van der Waals surface area contributed by atoms with Gasteiger partial charge in [-0.3, -0.25) is 0 Å². The lowest BCUT2D eigenvalue weighted by Gasteiger charge is -2.16. The van der Waals surface area contributed by atoms with Crippen molar-refractivity contribution in [3.05, 3.63) is 209 Å². The number of aliphatic hydroxyl groups is 4. The third kappa shape index (κ3) is 493. The first-order valence-corrected chi connectivity index (χ1v) is 15.8. The number of carboxylic acid groups (broad SMARTS) is 2. The molecule has 0 saturated carbocycles. The highest BCUT2D eigenvalue weighted by Gasteiger charge is 2.07. The minimum atomic E-state index is -0.935. The molecule has 57 heavy (non-hydrogen) atoms. The van der Waals surface area contributed by atoms with E-state index < -0.39 is 18.0 Å². The summed E-state index contributed by atoms with van der Waals surface area (Å²) < 4.78 is 10.5. The van der Waals surface area contributed by atoms with Gasteiger partial charge in [0.2, 0.25) is 0 Å². The molecule has 0 spiro atoms. The van der Waals surface area contributed by atoms with Crippen molar-refractivity contribution in [2.75, 3.05) is 33.0 Å². The molecule has 0 rings (SSSR count). The topological polar surface area (TPSA) is 174 Å². The summed E-state index contributed by atoms with van der Waals surface area (Å²) in [4.78, 5) is 19.2. The maximum Gasteiger partial charge on any atom is 0.330 e. The number of carboxylic acids is 2. The molecule has 342 valence electrons. The smallest absolute Gasteiger partial charge is 0.330 e. The van der Waals surface area contributed by atoms with Gasteiger partial charge in [0.05, 0.1) is 51.3 Å². The summed E-state index contributed by atoms with van der Waals surface area (Å²) in [5.41, 5.74) is 0.352. The average Bonchev–Trinajstić information content (AvgIpc) is 3.32. The Morgan fingerprint density at radius 3 is 0.684 bits per heavy atom. The Bertz CT molecular complexity index is 538. The van der Waals surface area contributed by atoms with Crippen molar-refractivity contribution >= 4 is 11.9 Å². The van der Waals surface area contributed by atoms with Gasteiger partial charge in [-0.05, 0) is 34.6 Å². The van der Waals surface area contributed by atoms with Gasteiger partial charge in [0, 0.05) is 11.1 Å². The summed E-state index contributed by atoms with van der Waals surface area (Å²) in [6, 6.07) is 0. The number of hydrogen-bond donors (Lipinski definition) is 6. The highest BCUT2D eigenvalue weighted by molar-refractivity contribution is 5.85. The van der Waals surface area contributed by atoms with E-state index in [1.165, 1.54) is 13.8 Å². The summed E-state index contributed by atoms with van der Waals surface area (Å²) in [5, 5.41) is 48.6. The van der Waals surface area contributed by atoms with Gasteiger partial charge in [0.1, 0.15) is 0 Å². The predicted octanol–water partition coefficient (Wildman–Crippen LogP) is 11.7. The van der Waals surface area contributed by atoms with Crippen LogP contribution in [0, 0.1) is 0 Å². The van der Waals surface area contributed by atoms with Gasteiger partial charge in [-0.25, -0.2) is 9.59 Å². The Kier molecular flexibility index (Phi) is 501. The predicted molar refractivity (Wildman–Crippen MR) is 266 cm³/mol. The SMILES string of the molecule is C=C.C=C.C=C.C=C.C=C.C=C.C=C.C=C.C=C.C=C.C=C.C=C.C=C.C=C.C=C(C)C(=O)O.C=C(C)C(=O)O.CC(O)COC(C)COC(C)CO.OCCO. The van der Waals surface area contributed by atoms with Crippen molar-refractivity contribution in [3.63, 3.8) is 0 Å². The van der Waals surface area contributed by atoms with Crippen LogP contribution in [-0.2, 0) is 19.1 Å². The summed E-state index contributed by atoms with van der Waals surface area (Å²) in [6.45, 7) is 99.1. The zero-order valence-electron chi connectivity index (χ0n) is 37.8. The van der Waals surface area contributed by atoms with Crippen LogP contribution in [0.3, 0.4) is 0 Å². The summed E-state index contributed by atoms with van der Waals surface area (Å²) in [7, 11) is 0. The Labute approximate surface area is 355 Å². The molecule has 6 N–H and O–H groups in total. The second-order valence-electron chi connectivity index (χ2n) is 5.94. The summed E-state index contributed by atoms with van der Waals surface area (Å²) in [6.07, 6.45) is -0.654. The molecule has 0 aromatic rings. The Hall–Kier alpha value is -5.46. The maximum absolute atomic E-state index is 9.60. The monoisotopic (exact) mass is 819 g/mol. The zero-order chi connectivity index (χ0) is 52.0. The third-order valence-corrected chi connectivity index (χ3v) is 2.32. The molecule has 3 unspecified atom stereocenters. The number of carbonyl (C=O) groups is 2. The molecule has 0 radical (unpaired) electrons. The lowest BCUT2D eigenvalue weighted by atomic mass is 10.4. The number of aliphatic carboxylic acids is 2. The van der Waals surface area contributed by atoms with E-state index in [9.17, 15) is 9.59 Å². The highest BCUT2D eigenvalue weighted by atomic mass is 16.5. The van der Waals surface area contributed by atoms with Crippen LogP contribution in [0.4, 0.5) is 0 Å². The Morgan fingerprint density at radius 1 is 0.421 bits per heavy atom. The summed E-state index contributed by atoms with van der Waals surface area (Å²) in [5.74, 6) is -1.87. The minimum Gasteiger partial charge on any atom is -0.478 e. The zero-order valence-corrected chi connectivity index (χ0v) is 37.8. The fraction of sp³-hybridized carbons (Fsp3) is 0.277. The first-order chi connectivity index (χ1) is 27.3. The van der Waals surface area contributed by atoms with Crippen LogP contribution in [0.15, 0.2) is 209 Å². The second-order valence-corrected chi connectivity index (χ2v) is 5.94. The number of ether oxygens (including phenoxy) is 2. The van der Waals surface area contributed by atoms with E-state index in [4.69, 9.17) is 40.1 Å². The van der Waals surface area contributed by atoms with Crippen LogP contribution < -0.4 is 0 Å². The van der Waals surface area contributed by atoms with E-state index in [2.05, 4.69) is 197 Å². The first-order valence-electron chi connectivity index (χ1n) is 15.8. The fourth-order valence-corrected chi connectivity index (χ4v) is 0.704. The first kappa shape index (κ1) is 117. The van der Waals surface area contributed by atoms with Crippen LogP contribution in [0.25, 0.3) is 0 Å². The molecule has 3 atom stereocenters. The Balaban J connectivity index is -0.0000000190. The molecule has 0 aliphatic rings. The molecule has 0 aliphatic carbocycles. The molecule has 10 heteroatoms. The number of aliphatic hydroxyl groups excluding tert-OH is 4. The lowest BCUT2D eigenvalue weighted by Crippen LogP contribution is -2.24. The molecule has 0 aromatic heterocycles. The van der Waals surface area contributed by atoms with Crippen LogP contribution in [-0.4, -0.2) is 93.9 Å². The highest BCUT2D eigenvalue weighted by Crippen LogP contribution is 1.97. The van der Waals surface area contributed by atoms with Gasteiger partial charge in [-0.1, -0.05) is 13.2 Å². The van der Waals surface area contributed by atoms with E-state index in [1.807, 2.05) is 6.92 Å². The van der Waals surface area contributed by atoms with Crippen molar-refractivity contribution in [3.8, 4) is 0 Å². The average molecular weight is 819 g/mol. The standard InChI is InChI=1S/C9H20O4.2C4H6O2.C2H6O2.14C2H4/c1-7(11)5-12-9(3)6-13-8(2)4-10;2*1-3(2)4(5)6;3-1-2-4;14*1-2/h7-11H,4-6H2,1-3H3;2*1H2,2H3,(H,5,6);3-4H,1-2H2;14*1-2H2. The van der Waals surface area contributed by atoms with Gasteiger partial charge in [0.15, 0.2) is 0 Å². The van der Waals surface area contributed by atoms with Gasteiger partial charge >= 0.3 is 11.9 Å². The van der Waals surface area contributed by atoms with Crippen molar-refractivity contribution in [2.45, 2.75) is 52.9 Å². The Morgan fingerprint density at radius 2 is 0.579 bits per heavy atom. The van der Waals surface area contributed by atoms with E-state index in [0.717, 1.165) is 0 Å². The van der Waals surface area contributed by atoms with Gasteiger partial charge in [-0.15, -0.1) is 184 Å². The van der Waals surface area contributed by atoms with Crippen molar-refractivity contribution < 1.29 is 49.7 Å². The maximum atomic E-state index is 9.60. The van der Waals surface area contributed by atoms with Crippen molar-refractivity contribution in [1.82, 2.24) is 0 Å². The lowest BCUT2D eigenvalue weighted by molar-refractivity contribution is -0.133. The summed E-state index contributed by atoms with van der Waals surface area (Å²) >= 11 is 0. The third-order valence-electron chi connectivity index (χ3n) is 2.32. The molecule has 0 aromatic carbocycles. The van der Waals surface area contributed by atoms with Crippen LogP contribution >= 0.6 is 0 Å². The molecular weight excluding hydrogens is 725 g/mol. The molecule has 0 bridgehead atoms. The number of rotatable bonds is 10. The molecule has 0 amide bonds. The van der Waals surface area contributed by atoms with E-state index in [-0.39, 0.29) is 43.2 Å². The minimum absolute atomic E-state index is 0.0170. The second kappa shape index (κ2) is 244. The molecule has 10 nitrogen and oxygen atoms in total. The van der Waals surface area contributed by atoms with Gasteiger partial charge in [-0.2, -0.15) is 0 Å². The molecule has 0 heterocycles. The largest absolute Gasteiger partial charge is 0.478 e. The van der Waals surface area contributed by atoms with Crippen LogP contribution in [0.2, 0.25) is 0 Å². The molecule has 0 aliphatic heterocycles. The van der Waals surface area contributed by atoms with Crippen LogP contribution in [0.1, 0.15) is 34.6 Å². The van der Waals surface area contributed by atoms with Crippen LogP contribution in [0.5, 0.6) is 0 Å². The normalized spacial score (nSPS) is 7.25. The molecule has 0 saturated heterocycles. The van der Waals surface area contributed by atoms with Gasteiger partial charge < -0.3 is 40.1 Å². The fourth-order valence-electron chi connectivity index (χ4n) is 0.704. The van der Waals surface area contributed by atoms with Crippen molar-refractivity contribution in [1.29, 1.82) is 0 Å². The van der Waals surface area contributed by atoms with E-state index in [1.54, 1.807) is 13.8 Å². The quantitative estimate of drug-likeness (QED) is 0.0919. The molecular formula is C47H94O10. The van der Waals surface area contributed by atoms with Crippen molar-refractivity contribution in [2.24, 2.45) is 0 Å². The van der Waals surface area contributed by atoms with Gasteiger partial charge in [0.25, 0.3) is 0 Å². The molecule has 0 fully saturated rings. The van der Waals surface area contributed by atoms with E-state index in [0.29, 0.717) is 13.2 Å².